The van der Waals surface area contributed by atoms with E-state index in [0.717, 1.165) is 15.5 Å². The normalized spacial score (nSPS) is 10.8. The smallest absolute Gasteiger partial charge is 0.361 e. The highest BCUT2D eigenvalue weighted by atomic mass is 79.9. The van der Waals surface area contributed by atoms with Crippen LogP contribution in [0.2, 0.25) is 0 Å². The summed E-state index contributed by atoms with van der Waals surface area (Å²) in [6.07, 6.45) is 0. The van der Waals surface area contributed by atoms with Gasteiger partial charge in [0.15, 0.2) is 0 Å². The molecule has 4 nitrogen and oxygen atoms in total. The highest BCUT2D eigenvalue weighted by Crippen LogP contribution is 2.21. The number of hydrogen-bond donors (Lipinski definition) is 0. The molecule has 0 amide bonds. The van der Waals surface area contributed by atoms with Crippen molar-refractivity contribution in [3.63, 3.8) is 0 Å². The first kappa shape index (κ1) is 9.33. The Morgan fingerprint density at radius 3 is 2.79 bits per heavy atom. The van der Waals surface area contributed by atoms with Crippen LogP contribution < -0.4 is 10.5 Å². The maximum atomic E-state index is 11.7. The lowest BCUT2D eigenvalue weighted by molar-refractivity contribution is 0.166. The second-order valence-electron chi connectivity index (χ2n) is 2.93. The van der Waals surface area contributed by atoms with Crippen molar-refractivity contribution in [2.24, 2.45) is 7.05 Å². The van der Waals surface area contributed by atoms with Gasteiger partial charge in [-0.25, -0.2) is 4.79 Å². The molecule has 0 saturated carbocycles. The van der Waals surface area contributed by atoms with Gasteiger partial charge in [-0.3, -0.25) is 4.57 Å². The monoisotopic (exact) mass is 256 g/mol. The predicted molar refractivity (Wildman–Crippen MR) is 57.4 cm³/mol. The van der Waals surface area contributed by atoms with Gasteiger partial charge in [-0.1, -0.05) is 6.07 Å². The number of rotatable bonds is 1. The van der Waals surface area contributed by atoms with Crippen LogP contribution in [-0.2, 0) is 7.05 Å². The number of halogens is 1. The van der Waals surface area contributed by atoms with Crippen molar-refractivity contribution < 1.29 is 4.84 Å². The first-order chi connectivity index (χ1) is 6.66. The quantitative estimate of drug-likeness (QED) is 0.768. The van der Waals surface area contributed by atoms with E-state index in [2.05, 4.69) is 15.9 Å². The first-order valence-electron chi connectivity index (χ1n) is 4.07. The molecule has 0 aliphatic heterocycles. The molecule has 5 heteroatoms. The molecule has 0 unspecified atom stereocenters. The van der Waals surface area contributed by atoms with Crippen LogP contribution in [0.25, 0.3) is 11.0 Å². The molecule has 0 atom stereocenters. The van der Waals surface area contributed by atoms with Crippen LogP contribution in [0.15, 0.2) is 27.5 Å². The van der Waals surface area contributed by atoms with Crippen molar-refractivity contribution >= 4 is 27.0 Å². The van der Waals surface area contributed by atoms with E-state index < -0.39 is 0 Å². The second-order valence-corrected chi connectivity index (χ2v) is 3.78. The van der Waals surface area contributed by atoms with Gasteiger partial charge in [0.1, 0.15) is 12.6 Å². The Morgan fingerprint density at radius 1 is 1.43 bits per heavy atom. The van der Waals surface area contributed by atoms with E-state index in [9.17, 15) is 4.79 Å². The Morgan fingerprint density at radius 2 is 2.14 bits per heavy atom. The van der Waals surface area contributed by atoms with Crippen molar-refractivity contribution in [2.45, 2.75) is 0 Å². The minimum Gasteiger partial charge on any atom is -0.412 e. The fourth-order valence-corrected chi connectivity index (χ4v) is 2.13. The van der Waals surface area contributed by atoms with Crippen LogP contribution >= 0.6 is 15.9 Å². The number of aryl methyl sites for hydroxylation is 1. The number of hydrogen-bond acceptors (Lipinski definition) is 2. The molecular formula is C9H9BrN2O2. The maximum Gasteiger partial charge on any atom is 0.361 e. The Hall–Kier alpha value is -1.23. The number of benzene rings is 1. The number of fused-ring (bicyclic) bond motifs is 1. The summed E-state index contributed by atoms with van der Waals surface area (Å²) in [6.45, 7) is 0. The fourth-order valence-electron chi connectivity index (χ4n) is 1.51. The largest absolute Gasteiger partial charge is 0.412 e. The molecule has 2 aromatic rings. The van der Waals surface area contributed by atoms with E-state index in [1.54, 1.807) is 11.6 Å². The van der Waals surface area contributed by atoms with E-state index in [1.807, 2.05) is 18.2 Å². The summed E-state index contributed by atoms with van der Waals surface area (Å²) in [4.78, 5) is 16.6. The van der Waals surface area contributed by atoms with Crippen LogP contribution in [0.5, 0.6) is 0 Å². The average molecular weight is 257 g/mol. The second kappa shape index (κ2) is 3.16. The zero-order valence-corrected chi connectivity index (χ0v) is 9.41. The molecule has 0 saturated heterocycles. The molecule has 2 rings (SSSR count). The molecule has 1 heterocycles. The van der Waals surface area contributed by atoms with Gasteiger partial charge in [0.25, 0.3) is 0 Å². The Kier molecular flexibility index (Phi) is 2.11. The van der Waals surface area contributed by atoms with Crippen molar-refractivity contribution in [3.8, 4) is 0 Å². The topological polar surface area (TPSA) is 36.2 Å². The zero-order valence-electron chi connectivity index (χ0n) is 7.82. The van der Waals surface area contributed by atoms with Crippen LogP contribution in [0.1, 0.15) is 0 Å². The molecular weight excluding hydrogens is 248 g/mol. The third-order valence-corrected chi connectivity index (χ3v) is 2.80. The third-order valence-electron chi connectivity index (χ3n) is 2.16. The van der Waals surface area contributed by atoms with Gasteiger partial charge >= 0.3 is 5.69 Å². The predicted octanol–water partition coefficient (Wildman–Crippen LogP) is 1.16. The lowest BCUT2D eigenvalue weighted by Gasteiger charge is -1.98. The van der Waals surface area contributed by atoms with Crippen LogP contribution in [0, 0.1) is 0 Å². The molecule has 1 aromatic carbocycles. The summed E-state index contributed by atoms with van der Waals surface area (Å²) >= 11 is 3.40. The summed E-state index contributed by atoms with van der Waals surface area (Å²) in [7, 11) is 3.19. The van der Waals surface area contributed by atoms with Gasteiger partial charge in [0.2, 0.25) is 0 Å². The summed E-state index contributed by atoms with van der Waals surface area (Å²) in [5.74, 6) is 0. The van der Waals surface area contributed by atoms with Crippen LogP contribution in [-0.4, -0.2) is 16.4 Å². The maximum absolute atomic E-state index is 11.7. The van der Waals surface area contributed by atoms with Gasteiger partial charge in [0.05, 0.1) is 5.52 Å². The zero-order chi connectivity index (χ0) is 10.3. The van der Waals surface area contributed by atoms with Crippen molar-refractivity contribution in [1.82, 2.24) is 9.30 Å². The molecule has 0 aliphatic carbocycles. The standard InChI is InChI=1S/C9H9BrN2O2/c1-11-8-6(10)4-3-5-7(8)12(14-2)9(11)13/h3-5H,1-2H3. The lowest BCUT2D eigenvalue weighted by atomic mass is 10.3. The van der Waals surface area contributed by atoms with Crippen LogP contribution in [0.4, 0.5) is 0 Å². The summed E-state index contributed by atoms with van der Waals surface area (Å²) < 4.78 is 3.69. The molecule has 74 valence electrons. The van der Waals surface area contributed by atoms with Gasteiger partial charge in [-0.15, -0.1) is 4.73 Å². The number of imidazole rings is 1. The van der Waals surface area contributed by atoms with Gasteiger partial charge in [-0.05, 0) is 28.1 Å². The SMILES string of the molecule is COn1c(=O)n(C)c2c(Br)cccc21. The Labute approximate surface area is 88.8 Å². The third kappa shape index (κ3) is 1.09. The van der Waals surface area contributed by atoms with E-state index in [0.29, 0.717) is 0 Å². The lowest BCUT2D eigenvalue weighted by Crippen LogP contribution is -2.25. The molecule has 14 heavy (non-hydrogen) atoms. The average Bonchev–Trinajstić information content (AvgIpc) is 2.41. The highest BCUT2D eigenvalue weighted by Gasteiger charge is 2.12. The fraction of sp³-hybridized carbons (Fsp3) is 0.222. The summed E-state index contributed by atoms with van der Waals surface area (Å²) in [5, 5.41) is 0. The Bertz CT molecular complexity index is 541. The van der Waals surface area contributed by atoms with E-state index in [4.69, 9.17) is 4.84 Å². The van der Waals surface area contributed by atoms with Crippen LogP contribution in [0.3, 0.4) is 0 Å². The first-order valence-corrected chi connectivity index (χ1v) is 4.86. The molecule has 1 aromatic heterocycles. The van der Waals surface area contributed by atoms with Crippen molar-refractivity contribution in [1.29, 1.82) is 0 Å². The number of aromatic nitrogens is 2. The van der Waals surface area contributed by atoms with Gasteiger partial charge in [0, 0.05) is 11.5 Å². The molecule has 0 radical (unpaired) electrons. The highest BCUT2D eigenvalue weighted by molar-refractivity contribution is 9.10. The van der Waals surface area contributed by atoms with Crippen molar-refractivity contribution in [2.75, 3.05) is 7.11 Å². The minimum atomic E-state index is -0.186. The molecule has 0 fully saturated rings. The summed E-state index contributed by atoms with van der Waals surface area (Å²) in [5.41, 5.74) is 1.41. The van der Waals surface area contributed by atoms with E-state index >= 15 is 0 Å². The van der Waals surface area contributed by atoms with E-state index in [-0.39, 0.29) is 5.69 Å². The Balaban J connectivity index is 3.03. The molecule has 0 aliphatic rings. The number of para-hydroxylation sites is 1. The molecule has 0 bridgehead atoms. The van der Waals surface area contributed by atoms with Gasteiger partial charge < -0.3 is 4.84 Å². The number of nitrogens with zero attached hydrogens (tertiary/aromatic N) is 2. The minimum absolute atomic E-state index is 0.186. The molecule has 0 N–H and O–H groups in total. The van der Waals surface area contributed by atoms with Gasteiger partial charge in [-0.2, -0.15) is 0 Å². The van der Waals surface area contributed by atoms with Crippen molar-refractivity contribution in [3.05, 3.63) is 33.2 Å². The summed E-state index contributed by atoms with van der Waals surface area (Å²) in [6, 6.07) is 5.59. The molecule has 0 spiro atoms. The van der Waals surface area contributed by atoms with E-state index in [1.165, 1.54) is 11.8 Å².